The first-order chi connectivity index (χ1) is 13.7. The topological polar surface area (TPSA) is 111 Å². The van der Waals surface area contributed by atoms with Crippen LogP contribution in [0.25, 0.3) is 0 Å². The van der Waals surface area contributed by atoms with E-state index < -0.39 is 29.9 Å². The van der Waals surface area contributed by atoms with Crippen LogP contribution in [-0.2, 0) is 14.3 Å². The molecule has 0 aliphatic rings. The molecule has 8 nitrogen and oxygen atoms in total. The van der Waals surface area contributed by atoms with Crippen molar-refractivity contribution < 1.29 is 23.6 Å². The van der Waals surface area contributed by atoms with E-state index in [1.807, 2.05) is 0 Å². The second-order valence-electron chi connectivity index (χ2n) is 6.82. The highest BCUT2D eigenvalue weighted by Gasteiger charge is 2.31. The lowest BCUT2D eigenvalue weighted by Crippen LogP contribution is -2.47. The van der Waals surface area contributed by atoms with E-state index in [4.69, 9.17) is 20.9 Å². The number of anilines is 1. The molecule has 1 aromatic heterocycles. The zero-order valence-electron chi connectivity index (χ0n) is 16.7. The summed E-state index contributed by atoms with van der Waals surface area (Å²) in [5.74, 6) is -1.25. The van der Waals surface area contributed by atoms with Crippen LogP contribution in [0, 0.1) is 12.8 Å². The smallest absolute Gasteiger partial charge is 0.329 e. The average molecular weight is 422 g/mol. The molecule has 1 aromatic carbocycles. The summed E-state index contributed by atoms with van der Waals surface area (Å²) in [5.41, 5.74) is 0.249. The van der Waals surface area contributed by atoms with Gasteiger partial charge in [-0.05, 0) is 31.4 Å². The summed E-state index contributed by atoms with van der Waals surface area (Å²) in [7, 11) is 0. The number of amides is 2. The monoisotopic (exact) mass is 421 g/mol. The molecule has 2 atom stereocenters. The first-order valence-corrected chi connectivity index (χ1v) is 9.60. The second-order valence-corrected chi connectivity index (χ2v) is 7.23. The number of ether oxygens (including phenoxy) is 1. The number of nitrogens with zero attached hydrogens (tertiary/aromatic N) is 1. The summed E-state index contributed by atoms with van der Waals surface area (Å²) in [6.07, 6.45) is -0.796. The van der Waals surface area contributed by atoms with Crippen LogP contribution in [0.15, 0.2) is 34.9 Å². The molecule has 0 bridgehead atoms. The highest BCUT2D eigenvalue weighted by Crippen LogP contribution is 2.16. The van der Waals surface area contributed by atoms with Crippen LogP contribution >= 0.6 is 11.6 Å². The number of carbonyl (C=O) groups excluding carboxylic acids is 3. The standard InChI is InChI=1S/C20H24ClN3O5/c1-5-15(19(26)22-16-10-12(4)29-24-16)28-20(27)17(11(2)3)23-18(25)13-8-6-7-9-14(13)21/h6-11,15,17H,5H2,1-4H3,(H,23,25)(H,22,24,26)/t15?,17-/m0/s1. The maximum Gasteiger partial charge on any atom is 0.329 e. The van der Waals surface area contributed by atoms with Gasteiger partial charge in [-0.15, -0.1) is 0 Å². The molecule has 0 radical (unpaired) electrons. The van der Waals surface area contributed by atoms with Gasteiger partial charge in [0.2, 0.25) is 0 Å². The number of carbonyl (C=O) groups is 3. The Morgan fingerprint density at radius 2 is 1.93 bits per heavy atom. The summed E-state index contributed by atoms with van der Waals surface area (Å²) in [5, 5.41) is 9.13. The van der Waals surface area contributed by atoms with Gasteiger partial charge < -0.3 is 19.9 Å². The molecule has 2 aromatic rings. The molecular formula is C20H24ClN3O5. The molecule has 1 heterocycles. The Labute approximate surface area is 173 Å². The van der Waals surface area contributed by atoms with Gasteiger partial charge in [0.05, 0.1) is 10.6 Å². The lowest BCUT2D eigenvalue weighted by atomic mass is 10.0. The van der Waals surface area contributed by atoms with Crippen LogP contribution in [0.1, 0.15) is 43.3 Å². The minimum absolute atomic E-state index is 0.231. The van der Waals surface area contributed by atoms with E-state index in [-0.39, 0.29) is 28.7 Å². The number of benzene rings is 1. The predicted octanol–water partition coefficient (Wildman–Crippen LogP) is 3.35. The maximum absolute atomic E-state index is 12.7. The zero-order valence-corrected chi connectivity index (χ0v) is 17.4. The van der Waals surface area contributed by atoms with Crippen LogP contribution in [0.4, 0.5) is 5.82 Å². The van der Waals surface area contributed by atoms with Crippen LogP contribution in [0.3, 0.4) is 0 Å². The quantitative estimate of drug-likeness (QED) is 0.632. The van der Waals surface area contributed by atoms with Gasteiger partial charge in [-0.1, -0.05) is 49.7 Å². The van der Waals surface area contributed by atoms with Gasteiger partial charge in [0.1, 0.15) is 11.8 Å². The highest BCUT2D eigenvalue weighted by molar-refractivity contribution is 6.33. The van der Waals surface area contributed by atoms with Crippen molar-refractivity contribution in [2.75, 3.05) is 5.32 Å². The molecule has 1 unspecified atom stereocenters. The van der Waals surface area contributed by atoms with Crippen LogP contribution in [0.2, 0.25) is 5.02 Å². The Bertz CT molecular complexity index is 881. The molecule has 0 saturated carbocycles. The number of esters is 1. The fraction of sp³-hybridized carbons (Fsp3) is 0.400. The summed E-state index contributed by atoms with van der Waals surface area (Å²) in [6, 6.07) is 7.12. The number of rotatable bonds is 8. The first-order valence-electron chi connectivity index (χ1n) is 9.23. The molecule has 2 amide bonds. The Balaban J connectivity index is 2.06. The van der Waals surface area contributed by atoms with E-state index in [2.05, 4.69) is 15.8 Å². The van der Waals surface area contributed by atoms with Crippen molar-refractivity contribution in [3.05, 3.63) is 46.7 Å². The van der Waals surface area contributed by atoms with E-state index in [0.717, 1.165) is 0 Å². The molecule has 9 heteroatoms. The van der Waals surface area contributed by atoms with Gasteiger partial charge in [-0.2, -0.15) is 0 Å². The molecule has 156 valence electrons. The summed E-state index contributed by atoms with van der Waals surface area (Å²) in [6.45, 7) is 6.92. The maximum atomic E-state index is 12.7. The third-order valence-corrected chi connectivity index (χ3v) is 4.46. The molecule has 0 aliphatic carbocycles. The molecule has 0 saturated heterocycles. The van der Waals surface area contributed by atoms with Crippen LogP contribution in [0.5, 0.6) is 0 Å². The minimum atomic E-state index is -1.04. The van der Waals surface area contributed by atoms with E-state index >= 15 is 0 Å². The summed E-state index contributed by atoms with van der Waals surface area (Å²) >= 11 is 6.05. The molecule has 2 N–H and O–H groups in total. The highest BCUT2D eigenvalue weighted by atomic mass is 35.5. The molecule has 0 aliphatic heterocycles. The zero-order chi connectivity index (χ0) is 21.6. The lowest BCUT2D eigenvalue weighted by Gasteiger charge is -2.24. The van der Waals surface area contributed by atoms with Crippen LogP contribution < -0.4 is 10.6 Å². The van der Waals surface area contributed by atoms with Gasteiger partial charge in [-0.3, -0.25) is 9.59 Å². The largest absolute Gasteiger partial charge is 0.451 e. The van der Waals surface area contributed by atoms with Gasteiger partial charge in [0.25, 0.3) is 11.8 Å². The van der Waals surface area contributed by atoms with Crippen LogP contribution in [-0.4, -0.2) is 35.1 Å². The number of aromatic nitrogens is 1. The van der Waals surface area contributed by atoms with Gasteiger partial charge in [-0.25, -0.2) is 4.79 Å². The molecule has 0 spiro atoms. The second kappa shape index (κ2) is 10.1. The van der Waals surface area contributed by atoms with Crippen molar-refractivity contribution in [1.82, 2.24) is 10.5 Å². The van der Waals surface area contributed by atoms with Crippen molar-refractivity contribution in [1.29, 1.82) is 0 Å². The normalized spacial score (nSPS) is 12.9. The number of hydrogen-bond donors (Lipinski definition) is 2. The summed E-state index contributed by atoms with van der Waals surface area (Å²) < 4.78 is 10.3. The van der Waals surface area contributed by atoms with E-state index in [9.17, 15) is 14.4 Å². The van der Waals surface area contributed by atoms with Gasteiger partial charge in [0, 0.05) is 6.07 Å². The van der Waals surface area contributed by atoms with E-state index in [0.29, 0.717) is 5.76 Å². The first kappa shape index (κ1) is 22.4. The number of aryl methyl sites for hydroxylation is 1. The van der Waals surface area contributed by atoms with Crippen molar-refractivity contribution in [3.8, 4) is 0 Å². The fourth-order valence-corrected chi connectivity index (χ4v) is 2.75. The molecule has 29 heavy (non-hydrogen) atoms. The lowest BCUT2D eigenvalue weighted by molar-refractivity contribution is -0.157. The summed E-state index contributed by atoms with van der Waals surface area (Å²) in [4.78, 5) is 37.6. The van der Waals surface area contributed by atoms with Gasteiger partial charge in [0.15, 0.2) is 11.9 Å². The average Bonchev–Trinajstić information content (AvgIpc) is 3.08. The predicted molar refractivity (Wildman–Crippen MR) is 108 cm³/mol. The minimum Gasteiger partial charge on any atom is -0.451 e. The molecule has 0 fully saturated rings. The van der Waals surface area contributed by atoms with E-state index in [1.54, 1.807) is 58.0 Å². The van der Waals surface area contributed by atoms with Crippen molar-refractivity contribution in [2.45, 2.75) is 46.3 Å². The SMILES string of the molecule is CCC(OC(=O)[C@@H](NC(=O)c1ccccc1Cl)C(C)C)C(=O)Nc1cc(C)on1. The fourth-order valence-electron chi connectivity index (χ4n) is 2.53. The Morgan fingerprint density at radius 1 is 1.24 bits per heavy atom. The Hall–Kier alpha value is -2.87. The molecule has 2 rings (SSSR count). The molecular weight excluding hydrogens is 398 g/mol. The van der Waals surface area contributed by atoms with Crippen molar-refractivity contribution in [2.24, 2.45) is 5.92 Å². The third-order valence-electron chi connectivity index (χ3n) is 4.13. The Morgan fingerprint density at radius 3 is 2.48 bits per heavy atom. The van der Waals surface area contributed by atoms with Crippen molar-refractivity contribution >= 4 is 35.2 Å². The third kappa shape index (κ3) is 6.05. The van der Waals surface area contributed by atoms with E-state index in [1.165, 1.54) is 0 Å². The van der Waals surface area contributed by atoms with Crippen molar-refractivity contribution in [3.63, 3.8) is 0 Å². The number of hydrogen-bond acceptors (Lipinski definition) is 6. The van der Waals surface area contributed by atoms with Gasteiger partial charge >= 0.3 is 5.97 Å². The number of nitrogens with one attached hydrogen (secondary N) is 2. The Kier molecular flexibility index (Phi) is 7.78. The number of halogens is 1.